The molecule has 0 aliphatic rings. The van der Waals surface area contributed by atoms with Gasteiger partial charge < -0.3 is 19.2 Å². The van der Waals surface area contributed by atoms with Crippen LogP contribution in [0.5, 0.6) is 0 Å². The molecular formula is O4PSrTb+2. The molecule has 7 heteroatoms. The molecule has 0 aromatic carbocycles. The SMILES string of the molecule is O=P([O-])([O-])[O-].[Sr+2].[Tb+3]. The van der Waals surface area contributed by atoms with Crippen LogP contribution in [0.15, 0.2) is 0 Å². The van der Waals surface area contributed by atoms with Crippen LogP contribution in [0.3, 0.4) is 0 Å². The van der Waals surface area contributed by atoms with Crippen LogP contribution < -0.4 is 14.7 Å². The molecule has 7 heavy (non-hydrogen) atoms. The predicted octanol–water partition coefficient (Wildman–Crippen LogP) is -3.21. The molecule has 4 nitrogen and oxygen atoms in total. The van der Waals surface area contributed by atoms with Gasteiger partial charge in [-0.15, -0.1) is 0 Å². The summed E-state index contributed by atoms with van der Waals surface area (Å²) in [6.45, 7) is 0. The molecule has 0 radical (unpaired) electrons. The van der Waals surface area contributed by atoms with Crippen molar-refractivity contribution in [2.75, 3.05) is 0 Å². The molecule has 0 aliphatic heterocycles. The summed E-state index contributed by atoms with van der Waals surface area (Å²) in [5.41, 5.74) is 0. The largest absolute Gasteiger partial charge is 3.00 e. The van der Waals surface area contributed by atoms with Crippen molar-refractivity contribution in [2.45, 2.75) is 0 Å². The van der Waals surface area contributed by atoms with Crippen LogP contribution in [-0.4, -0.2) is 45.5 Å². The maximum atomic E-state index is 8.55. The van der Waals surface area contributed by atoms with Gasteiger partial charge >= 0.3 is 84.1 Å². The Morgan fingerprint density at radius 3 is 1.14 bits per heavy atom. The van der Waals surface area contributed by atoms with Crippen LogP contribution >= 0.6 is 7.82 Å². The Morgan fingerprint density at radius 2 is 1.14 bits per heavy atom. The van der Waals surface area contributed by atoms with Crippen LogP contribution in [0.2, 0.25) is 0 Å². The van der Waals surface area contributed by atoms with Crippen molar-refractivity contribution in [1.29, 1.82) is 0 Å². The summed E-state index contributed by atoms with van der Waals surface area (Å²) in [4.78, 5) is 25.6. The molecule has 0 rings (SSSR count). The van der Waals surface area contributed by atoms with E-state index in [1.807, 2.05) is 0 Å². The summed E-state index contributed by atoms with van der Waals surface area (Å²) in [5.74, 6) is 0. The number of rotatable bonds is 0. The summed E-state index contributed by atoms with van der Waals surface area (Å²) < 4.78 is 8.55. The first kappa shape index (κ1) is 16.5. The first-order chi connectivity index (χ1) is 2.00. The fourth-order valence-corrected chi connectivity index (χ4v) is 0. The van der Waals surface area contributed by atoms with Gasteiger partial charge in [0.2, 0.25) is 0 Å². The topological polar surface area (TPSA) is 86.2 Å². The molecule has 0 aromatic rings. The zero-order valence-corrected chi connectivity index (χ0v) is 9.63. The third kappa shape index (κ3) is 50.7. The second kappa shape index (κ2) is 6.99. The van der Waals surface area contributed by atoms with E-state index < -0.39 is 7.82 Å². The zero-order valence-electron chi connectivity index (χ0n) is 3.12. The maximum Gasteiger partial charge on any atom is 3.00 e. The van der Waals surface area contributed by atoms with Gasteiger partial charge in [-0.05, 0) is 0 Å². The second-order valence-electron chi connectivity index (χ2n) is 0.447. The van der Waals surface area contributed by atoms with Crippen molar-refractivity contribution in [2.24, 2.45) is 0 Å². The minimum atomic E-state index is -5.39. The van der Waals surface area contributed by atoms with Crippen LogP contribution in [0.1, 0.15) is 0 Å². The summed E-state index contributed by atoms with van der Waals surface area (Å²) in [5, 5.41) is 0. The molecule has 0 spiro atoms. The van der Waals surface area contributed by atoms with Crippen molar-refractivity contribution in [3.63, 3.8) is 0 Å². The van der Waals surface area contributed by atoms with Crippen molar-refractivity contribution < 1.29 is 57.9 Å². The predicted molar refractivity (Wildman–Crippen MR) is 13.4 cm³/mol. The third-order valence-corrected chi connectivity index (χ3v) is 0. The first-order valence-electron chi connectivity index (χ1n) is 0.730. The molecule has 0 aromatic heterocycles. The molecule has 38 valence electrons. The molecule has 0 fully saturated rings. The molecule has 0 heterocycles. The van der Waals surface area contributed by atoms with E-state index in [2.05, 4.69) is 0 Å². The van der Waals surface area contributed by atoms with Gasteiger partial charge in [0, 0.05) is 0 Å². The van der Waals surface area contributed by atoms with E-state index in [4.69, 9.17) is 19.2 Å². The Bertz CT molecular complexity index is 57.8. The molecule has 0 aliphatic carbocycles. The Labute approximate surface area is 109 Å². The van der Waals surface area contributed by atoms with Crippen LogP contribution in [-0.2, 0) is 4.57 Å². The first-order valence-corrected chi connectivity index (χ1v) is 2.19. The fraction of sp³-hybridized carbons (Fsp3) is 0. The van der Waals surface area contributed by atoms with Gasteiger partial charge in [0.15, 0.2) is 0 Å². The van der Waals surface area contributed by atoms with Gasteiger partial charge in [-0.1, -0.05) is 0 Å². The third-order valence-electron chi connectivity index (χ3n) is 0. The van der Waals surface area contributed by atoms with Crippen molar-refractivity contribution in [3.05, 3.63) is 0 Å². The van der Waals surface area contributed by atoms with Crippen LogP contribution in [0.25, 0.3) is 0 Å². The second-order valence-corrected chi connectivity index (χ2v) is 1.34. The molecule has 0 bridgehead atoms. The summed E-state index contributed by atoms with van der Waals surface area (Å²) >= 11 is 0. The van der Waals surface area contributed by atoms with Gasteiger partial charge in [-0.3, -0.25) is 0 Å². The Balaban J connectivity index is -0.0000000800. The van der Waals surface area contributed by atoms with Crippen molar-refractivity contribution in [3.8, 4) is 0 Å². The number of phosphoric acid groups is 1. The molecule has 0 unspecified atom stereocenters. The number of hydrogen-bond donors (Lipinski definition) is 0. The minimum absolute atomic E-state index is 0. The smallest absolute Gasteiger partial charge is 0.822 e. The van der Waals surface area contributed by atoms with Crippen molar-refractivity contribution >= 4 is 53.3 Å². The summed E-state index contributed by atoms with van der Waals surface area (Å²) in [7, 11) is -5.39. The van der Waals surface area contributed by atoms with E-state index >= 15 is 0 Å². The van der Waals surface area contributed by atoms with E-state index in [-0.39, 0.29) is 84.1 Å². The van der Waals surface area contributed by atoms with E-state index in [1.165, 1.54) is 0 Å². The molecule has 0 amide bonds. The molecule has 0 atom stereocenters. The molecule has 0 saturated carbocycles. The number of hydrogen-bond acceptors (Lipinski definition) is 4. The molecule has 0 saturated heterocycles. The Morgan fingerprint density at radius 1 is 1.14 bits per heavy atom. The monoisotopic (exact) mass is 342 g/mol. The molecule has 0 N–H and O–H groups in total. The summed E-state index contributed by atoms with van der Waals surface area (Å²) in [6.07, 6.45) is 0. The summed E-state index contributed by atoms with van der Waals surface area (Å²) in [6, 6.07) is 0. The quantitative estimate of drug-likeness (QED) is 0.343. The van der Waals surface area contributed by atoms with E-state index in [9.17, 15) is 0 Å². The van der Waals surface area contributed by atoms with Gasteiger partial charge in [-0.25, -0.2) is 0 Å². The Hall–Kier alpha value is 2.88. The van der Waals surface area contributed by atoms with Crippen LogP contribution in [0.4, 0.5) is 0 Å². The van der Waals surface area contributed by atoms with Gasteiger partial charge in [-0.2, -0.15) is 7.82 Å². The van der Waals surface area contributed by atoms with Gasteiger partial charge in [0.1, 0.15) is 0 Å². The standard InChI is InChI=1S/H3O4P.Sr.Tb/c1-5(2,3)4;;/h(H3,1,2,3,4);;/q;+2;+3/p-3. The van der Waals surface area contributed by atoms with Crippen molar-refractivity contribution in [1.82, 2.24) is 0 Å². The van der Waals surface area contributed by atoms with Gasteiger partial charge in [0.05, 0.1) is 0 Å². The van der Waals surface area contributed by atoms with E-state index in [0.717, 1.165) is 0 Å². The van der Waals surface area contributed by atoms with E-state index in [0.29, 0.717) is 0 Å². The molecular weight excluding hydrogens is 342 g/mol. The average molecular weight is 342 g/mol. The fourth-order valence-electron chi connectivity index (χ4n) is 0. The zero-order chi connectivity index (χ0) is 4.50. The van der Waals surface area contributed by atoms with E-state index in [1.54, 1.807) is 0 Å². The maximum absolute atomic E-state index is 8.55. The van der Waals surface area contributed by atoms with Gasteiger partial charge in [0.25, 0.3) is 0 Å². The Kier molecular flexibility index (Phi) is 16.4. The average Bonchev–Trinajstić information content (AvgIpc) is 0.722. The normalized spacial score (nSPS) is 8.43. The minimum Gasteiger partial charge on any atom is -0.822 e. The van der Waals surface area contributed by atoms with Crippen LogP contribution in [0, 0.1) is 38.6 Å².